The summed E-state index contributed by atoms with van der Waals surface area (Å²) in [5.41, 5.74) is 1.18. The van der Waals surface area contributed by atoms with Gasteiger partial charge in [-0.05, 0) is 18.9 Å². The van der Waals surface area contributed by atoms with Crippen molar-refractivity contribution in [2.75, 3.05) is 31.6 Å². The molecule has 3 rings (SSSR count). The first kappa shape index (κ1) is 17.7. The Balaban J connectivity index is 0.000000224. The van der Waals surface area contributed by atoms with E-state index in [4.69, 9.17) is 14.9 Å². The van der Waals surface area contributed by atoms with Crippen molar-refractivity contribution < 1.29 is 24.5 Å². The number of carboxylic acids is 2. The van der Waals surface area contributed by atoms with Crippen LogP contribution in [0.1, 0.15) is 6.42 Å². The van der Waals surface area contributed by atoms with Crippen molar-refractivity contribution in [1.82, 2.24) is 10.3 Å². The van der Waals surface area contributed by atoms with Crippen molar-refractivity contribution in [3.05, 3.63) is 30.6 Å². The standard InChI is InChI=1S/C12H17N3O.C4H4O4/c1-16-11-4-10(5-14-6-11)15-8-9-2-3-13-7-12(9)15;5-3(6)1-2-4(7)8/h4-6,9,12-13H,2-3,7-8H2,1H3;1-2H,(H,5,6)(H,7,8)/b;2-1+/t9-,12-;/m1./s1. The zero-order chi connectivity index (χ0) is 17.5. The molecule has 8 heteroatoms. The number of carboxylic acid groups (broad SMARTS) is 2. The molecule has 2 aliphatic heterocycles. The first-order valence-electron chi connectivity index (χ1n) is 7.61. The molecular formula is C16H21N3O5. The number of aliphatic carboxylic acids is 2. The lowest BCUT2D eigenvalue weighted by atomic mass is 9.83. The molecule has 0 bridgehead atoms. The number of hydrogen-bond donors (Lipinski definition) is 3. The van der Waals surface area contributed by atoms with Crippen LogP contribution in [0.2, 0.25) is 0 Å². The molecule has 2 aliphatic rings. The van der Waals surface area contributed by atoms with Gasteiger partial charge in [0.1, 0.15) is 5.75 Å². The highest BCUT2D eigenvalue weighted by molar-refractivity contribution is 5.89. The molecule has 0 saturated carbocycles. The quantitative estimate of drug-likeness (QED) is 0.686. The van der Waals surface area contributed by atoms with Gasteiger partial charge in [-0.25, -0.2) is 9.59 Å². The molecule has 130 valence electrons. The van der Waals surface area contributed by atoms with Gasteiger partial charge >= 0.3 is 11.9 Å². The van der Waals surface area contributed by atoms with E-state index in [2.05, 4.69) is 21.3 Å². The molecule has 2 saturated heterocycles. The molecule has 0 aromatic carbocycles. The SMILES string of the molecule is COc1cncc(N2C[C@H]3CCNC[C@H]32)c1.O=C(O)/C=C/C(=O)O. The highest BCUT2D eigenvalue weighted by Crippen LogP contribution is 2.35. The van der Waals surface area contributed by atoms with Gasteiger partial charge in [-0.2, -0.15) is 0 Å². The van der Waals surface area contributed by atoms with E-state index in [0.717, 1.165) is 18.2 Å². The van der Waals surface area contributed by atoms with Crippen LogP contribution in [0.25, 0.3) is 0 Å². The van der Waals surface area contributed by atoms with Gasteiger partial charge in [0.15, 0.2) is 0 Å². The van der Waals surface area contributed by atoms with Crippen LogP contribution in [0, 0.1) is 5.92 Å². The van der Waals surface area contributed by atoms with Crippen LogP contribution in [0.15, 0.2) is 30.6 Å². The summed E-state index contributed by atoms with van der Waals surface area (Å²) in [5.74, 6) is -0.808. The molecule has 3 N–H and O–H groups in total. The summed E-state index contributed by atoms with van der Waals surface area (Å²) in [6, 6.07) is 2.72. The molecule has 0 aliphatic carbocycles. The molecule has 2 atom stereocenters. The van der Waals surface area contributed by atoms with Gasteiger partial charge in [0.05, 0.1) is 25.2 Å². The van der Waals surface area contributed by atoms with Crippen molar-refractivity contribution in [2.45, 2.75) is 12.5 Å². The van der Waals surface area contributed by atoms with E-state index in [0.29, 0.717) is 18.2 Å². The lowest BCUT2D eigenvalue weighted by Gasteiger charge is -2.52. The summed E-state index contributed by atoms with van der Waals surface area (Å²) in [6.07, 6.45) is 6.09. The average Bonchev–Trinajstić information content (AvgIpc) is 2.55. The largest absolute Gasteiger partial charge is 0.495 e. The van der Waals surface area contributed by atoms with E-state index < -0.39 is 11.9 Å². The number of aromatic nitrogens is 1. The second kappa shape index (κ2) is 8.30. The smallest absolute Gasteiger partial charge is 0.328 e. The maximum absolute atomic E-state index is 9.55. The summed E-state index contributed by atoms with van der Waals surface area (Å²) in [7, 11) is 1.68. The van der Waals surface area contributed by atoms with Crippen LogP contribution >= 0.6 is 0 Å². The van der Waals surface area contributed by atoms with Crippen LogP contribution < -0.4 is 15.0 Å². The molecule has 2 fully saturated rings. The normalized spacial score (nSPS) is 22.0. The summed E-state index contributed by atoms with van der Waals surface area (Å²) in [4.78, 5) is 25.7. The van der Waals surface area contributed by atoms with E-state index in [1.807, 2.05) is 6.20 Å². The number of ether oxygens (including phenoxy) is 1. The Morgan fingerprint density at radius 3 is 2.62 bits per heavy atom. The number of nitrogens with zero attached hydrogens (tertiary/aromatic N) is 2. The summed E-state index contributed by atoms with van der Waals surface area (Å²) in [6.45, 7) is 3.44. The third kappa shape index (κ3) is 4.69. The Morgan fingerprint density at radius 1 is 1.33 bits per heavy atom. The number of hydrogen-bond acceptors (Lipinski definition) is 6. The fourth-order valence-corrected chi connectivity index (χ4v) is 2.84. The summed E-state index contributed by atoms with van der Waals surface area (Å²) >= 11 is 0. The van der Waals surface area contributed by atoms with E-state index in [1.54, 1.807) is 13.3 Å². The number of nitrogens with one attached hydrogen (secondary N) is 1. The maximum atomic E-state index is 9.55. The number of fused-ring (bicyclic) bond motifs is 1. The van der Waals surface area contributed by atoms with Crippen LogP contribution in [-0.4, -0.2) is 59.9 Å². The average molecular weight is 335 g/mol. The van der Waals surface area contributed by atoms with Gasteiger partial charge in [-0.1, -0.05) is 0 Å². The molecule has 0 amide bonds. The molecule has 0 radical (unpaired) electrons. The van der Waals surface area contributed by atoms with E-state index in [1.165, 1.54) is 25.2 Å². The summed E-state index contributed by atoms with van der Waals surface area (Å²) < 4.78 is 5.20. The van der Waals surface area contributed by atoms with E-state index in [-0.39, 0.29) is 0 Å². The molecule has 3 heterocycles. The fraction of sp³-hybridized carbons (Fsp3) is 0.438. The maximum Gasteiger partial charge on any atom is 0.328 e. The van der Waals surface area contributed by atoms with Crippen molar-refractivity contribution >= 4 is 17.6 Å². The van der Waals surface area contributed by atoms with Crippen molar-refractivity contribution in [3.8, 4) is 5.75 Å². The van der Waals surface area contributed by atoms with Crippen LogP contribution in [0.5, 0.6) is 5.75 Å². The number of piperidine rings is 1. The molecule has 8 nitrogen and oxygen atoms in total. The third-order valence-electron chi connectivity index (χ3n) is 4.06. The second-order valence-electron chi connectivity index (χ2n) is 5.57. The predicted molar refractivity (Wildman–Crippen MR) is 87.3 cm³/mol. The first-order chi connectivity index (χ1) is 11.5. The number of rotatable bonds is 4. The molecule has 1 aromatic rings. The topological polar surface area (TPSA) is 112 Å². The Bertz CT molecular complexity index is 603. The van der Waals surface area contributed by atoms with Crippen LogP contribution in [0.4, 0.5) is 5.69 Å². The Kier molecular flexibility index (Phi) is 6.14. The number of anilines is 1. The van der Waals surface area contributed by atoms with Gasteiger partial charge in [-0.15, -0.1) is 0 Å². The van der Waals surface area contributed by atoms with Gasteiger partial charge in [0.2, 0.25) is 0 Å². The Hall–Kier alpha value is -2.61. The molecule has 0 spiro atoms. The van der Waals surface area contributed by atoms with Crippen molar-refractivity contribution in [1.29, 1.82) is 0 Å². The Morgan fingerprint density at radius 2 is 2.04 bits per heavy atom. The molecule has 24 heavy (non-hydrogen) atoms. The van der Waals surface area contributed by atoms with Crippen LogP contribution in [-0.2, 0) is 9.59 Å². The van der Waals surface area contributed by atoms with Crippen molar-refractivity contribution in [2.24, 2.45) is 5.92 Å². The number of pyridine rings is 1. The van der Waals surface area contributed by atoms with E-state index in [9.17, 15) is 9.59 Å². The van der Waals surface area contributed by atoms with Crippen molar-refractivity contribution in [3.63, 3.8) is 0 Å². The predicted octanol–water partition coefficient (Wildman–Crippen LogP) is 0.600. The molecule has 0 unspecified atom stereocenters. The third-order valence-corrected chi connectivity index (χ3v) is 4.06. The fourth-order valence-electron chi connectivity index (χ4n) is 2.84. The molecule has 1 aromatic heterocycles. The number of methoxy groups -OCH3 is 1. The minimum atomic E-state index is -1.26. The lowest BCUT2D eigenvalue weighted by Crippen LogP contribution is -2.63. The zero-order valence-corrected chi connectivity index (χ0v) is 13.4. The van der Waals surface area contributed by atoms with Crippen LogP contribution in [0.3, 0.4) is 0 Å². The number of carbonyl (C=O) groups is 2. The highest BCUT2D eigenvalue weighted by atomic mass is 16.5. The highest BCUT2D eigenvalue weighted by Gasteiger charge is 2.40. The van der Waals surface area contributed by atoms with Gasteiger partial charge < -0.3 is 25.2 Å². The zero-order valence-electron chi connectivity index (χ0n) is 13.4. The monoisotopic (exact) mass is 335 g/mol. The molecular weight excluding hydrogens is 314 g/mol. The minimum Gasteiger partial charge on any atom is -0.495 e. The first-order valence-corrected chi connectivity index (χ1v) is 7.61. The minimum absolute atomic E-state index is 0.558. The van der Waals surface area contributed by atoms with Gasteiger partial charge in [0.25, 0.3) is 0 Å². The van der Waals surface area contributed by atoms with E-state index >= 15 is 0 Å². The van der Waals surface area contributed by atoms with Gasteiger partial charge in [-0.3, -0.25) is 4.98 Å². The Labute approximate surface area is 139 Å². The second-order valence-corrected chi connectivity index (χ2v) is 5.57. The lowest BCUT2D eigenvalue weighted by molar-refractivity contribution is -0.134. The van der Waals surface area contributed by atoms with Gasteiger partial charge in [0, 0.05) is 37.3 Å². The summed E-state index contributed by atoms with van der Waals surface area (Å²) in [5, 5.41) is 19.1.